The molecule has 2 aliphatic carbocycles. The summed E-state index contributed by atoms with van der Waals surface area (Å²) in [7, 11) is 1.64. The van der Waals surface area contributed by atoms with Gasteiger partial charge in [0.05, 0.1) is 7.11 Å². The lowest BCUT2D eigenvalue weighted by Gasteiger charge is -2.46. The van der Waals surface area contributed by atoms with E-state index in [4.69, 9.17) is 4.74 Å². The summed E-state index contributed by atoms with van der Waals surface area (Å²) in [5.41, 5.74) is 1.34. The lowest BCUT2D eigenvalue weighted by atomic mass is 9.61. The number of hydrogen-bond acceptors (Lipinski definition) is 3. The van der Waals surface area contributed by atoms with E-state index in [2.05, 4.69) is 13.0 Å². The van der Waals surface area contributed by atoms with E-state index in [0.717, 1.165) is 42.6 Å². The summed E-state index contributed by atoms with van der Waals surface area (Å²) >= 11 is 0. The van der Waals surface area contributed by atoms with E-state index in [1.165, 1.54) is 4.90 Å². The first-order valence-electron chi connectivity index (χ1n) is 9.23. The molecule has 3 aliphatic rings. The molecule has 1 saturated heterocycles. The molecule has 1 aromatic carbocycles. The van der Waals surface area contributed by atoms with Gasteiger partial charge in [0.15, 0.2) is 0 Å². The molecule has 0 bridgehead atoms. The monoisotopic (exact) mass is 339 g/mol. The molecule has 1 saturated carbocycles. The van der Waals surface area contributed by atoms with Crippen LogP contribution in [0.1, 0.15) is 44.6 Å². The van der Waals surface area contributed by atoms with E-state index in [0.29, 0.717) is 24.8 Å². The maximum atomic E-state index is 13.2. The molecule has 132 valence electrons. The lowest BCUT2D eigenvalue weighted by Crippen LogP contribution is -2.53. The topological polar surface area (TPSA) is 46.6 Å². The molecular weight excluding hydrogens is 314 g/mol. The molecule has 1 heterocycles. The fourth-order valence-corrected chi connectivity index (χ4v) is 4.41. The van der Waals surface area contributed by atoms with Gasteiger partial charge >= 0.3 is 0 Å². The number of benzene rings is 1. The average molecular weight is 339 g/mol. The second-order valence-corrected chi connectivity index (χ2v) is 7.91. The molecule has 1 aromatic rings. The van der Waals surface area contributed by atoms with Crippen LogP contribution in [0.5, 0.6) is 5.75 Å². The van der Waals surface area contributed by atoms with Crippen molar-refractivity contribution in [2.24, 2.45) is 11.8 Å². The zero-order valence-corrected chi connectivity index (χ0v) is 15.0. The van der Waals surface area contributed by atoms with Crippen molar-refractivity contribution in [1.82, 2.24) is 4.90 Å². The Balaban J connectivity index is 1.77. The van der Waals surface area contributed by atoms with Crippen molar-refractivity contribution in [2.45, 2.75) is 44.4 Å². The molecule has 1 aliphatic heterocycles. The Kier molecular flexibility index (Phi) is 3.94. The minimum Gasteiger partial charge on any atom is -0.497 e. The molecule has 4 nitrogen and oxygen atoms in total. The van der Waals surface area contributed by atoms with Crippen molar-refractivity contribution >= 4 is 11.8 Å². The first-order chi connectivity index (χ1) is 12.0. The summed E-state index contributed by atoms with van der Waals surface area (Å²) in [5.74, 6) is 1.64. The van der Waals surface area contributed by atoms with Crippen LogP contribution >= 0.6 is 0 Å². The molecule has 2 amide bonds. The van der Waals surface area contributed by atoms with Gasteiger partial charge in [-0.2, -0.15) is 0 Å². The van der Waals surface area contributed by atoms with Gasteiger partial charge < -0.3 is 4.74 Å². The van der Waals surface area contributed by atoms with E-state index >= 15 is 0 Å². The third-order valence-electron chi connectivity index (χ3n) is 5.93. The zero-order chi connectivity index (χ0) is 17.6. The van der Waals surface area contributed by atoms with Crippen molar-refractivity contribution in [3.05, 3.63) is 41.5 Å². The summed E-state index contributed by atoms with van der Waals surface area (Å²) < 4.78 is 5.38. The second-order valence-electron chi connectivity index (χ2n) is 7.91. The number of hydrogen-bond donors (Lipinski definition) is 0. The number of likely N-dealkylation sites (tertiary alicyclic amines) is 1. The van der Waals surface area contributed by atoms with Crippen molar-refractivity contribution in [1.29, 1.82) is 0 Å². The van der Waals surface area contributed by atoms with Crippen LogP contribution in [0.3, 0.4) is 0 Å². The van der Waals surface area contributed by atoms with E-state index in [9.17, 15) is 9.59 Å². The van der Waals surface area contributed by atoms with Crippen molar-refractivity contribution in [3.8, 4) is 5.75 Å². The number of nitrogens with zero attached hydrogens (tertiary/aromatic N) is 1. The van der Waals surface area contributed by atoms with Crippen LogP contribution < -0.4 is 4.74 Å². The van der Waals surface area contributed by atoms with Crippen molar-refractivity contribution in [2.75, 3.05) is 13.7 Å². The Hall–Kier alpha value is -2.10. The quantitative estimate of drug-likeness (QED) is 0.789. The Morgan fingerprint density at radius 2 is 2.08 bits per heavy atom. The average Bonchev–Trinajstić information content (AvgIpc) is 3.42. The van der Waals surface area contributed by atoms with Crippen molar-refractivity contribution < 1.29 is 14.3 Å². The fraction of sp³-hybridized carbons (Fsp3) is 0.524. The van der Waals surface area contributed by atoms with Gasteiger partial charge in [-0.3, -0.25) is 14.5 Å². The van der Waals surface area contributed by atoms with Gasteiger partial charge in [-0.1, -0.05) is 25.1 Å². The second kappa shape index (κ2) is 6.01. The van der Waals surface area contributed by atoms with Gasteiger partial charge in [-0.25, -0.2) is 0 Å². The smallest absolute Gasteiger partial charge is 0.256 e. The van der Waals surface area contributed by atoms with Gasteiger partial charge in [0.1, 0.15) is 5.75 Å². The predicted octanol–water partition coefficient (Wildman–Crippen LogP) is 3.46. The van der Waals surface area contributed by atoms with Crippen LogP contribution in [-0.2, 0) is 15.0 Å². The van der Waals surface area contributed by atoms with Gasteiger partial charge in [0.2, 0.25) is 5.91 Å². The minimum absolute atomic E-state index is 0.0223. The molecule has 25 heavy (non-hydrogen) atoms. The Labute approximate surface area is 148 Å². The number of imide groups is 1. The van der Waals surface area contributed by atoms with E-state index in [1.807, 2.05) is 24.3 Å². The molecule has 0 spiro atoms. The highest BCUT2D eigenvalue weighted by molar-refractivity contribution is 6.10. The van der Waals surface area contributed by atoms with E-state index in [-0.39, 0.29) is 11.8 Å². The van der Waals surface area contributed by atoms with E-state index in [1.54, 1.807) is 7.11 Å². The molecule has 2 unspecified atom stereocenters. The highest BCUT2D eigenvalue weighted by Crippen LogP contribution is 2.49. The summed E-state index contributed by atoms with van der Waals surface area (Å²) in [6.45, 7) is 2.79. The first kappa shape index (κ1) is 16.4. The van der Waals surface area contributed by atoms with Gasteiger partial charge in [0, 0.05) is 24.0 Å². The molecule has 4 heteroatoms. The SMILES string of the molecule is COc1cccc(C23CC(=O)N(CC4CC4)C(=O)C2=CCC(C)C3)c1. The largest absolute Gasteiger partial charge is 0.497 e. The number of carbonyl (C=O) groups is 2. The molecule has 0 radical (unpaired) electrons. The Morgan fingerprint density at radius 1 is 1.28 bits per heavy atom. The fourth-order valence-electron chi connectivity index (χ4n) is 4.41. The maximum Gasteiger partial charge on any atom is 0.256 e. The summed E-state index contributed by atoms with van der Waals surface area (Å²) in [5, 5.41) is 0. The van der Waals surface area contributed by atoms with Gasteiger partial charge in [0.25, 0.3) is 5.91 Å². The number of fused-ring (bicyclic) bond motifs is 1. The molecular formula is C21H25NO3. The number of piperidine rings is 1. The summed E-state index contributed by atoms with van der Waals surface area (Å²) in [4.78, 5) is 27.6. The summed E-state index contributed by atoms with van der Waals surface area (Å²) in [6, 6.07) is 7.88. The maximum absolute atomic E-state index is 13.2. The van der Waals surface area contributed by atoms with Gasteiger partial charge in [-0.15, -0.1) is 0 Å². The normalized spacial score (nSPS) is 29.3. The number of ether oxygens (including phenoxy) is 1. The van der Waals surface area contributed by atoms with Crippen molar-refractivity contribution in [3.63, 3.8) is 0 Å². The van der Waals surface area contributed by atoms with Crippen LogP contribution in [0.15, 0.2) is 35.9 Å². The minimum atomic E-state index is -0.500. The third kappa shape index (κ3) is 2.78. The molecule has 0 aromatic heterocycles. The molecule has 2 fully saturated rings. The highest BCUT2D eigenvalue weighted by Gasteiger charge is 2.51. The van der Waals surface area contributed by atoms with Crippen LogP contribution in [0.2, 0.25) is 0 Å². The highest BCUT2D eigenvalue weighted by atomic mass is 16.5. The third-order valence-corrected chi connectivity index (χ3v) is 5.93. The van der Waals surface area contributed by atoms with Crippen LogP contribution in [0.25, 0.3) is 0 Å². The number of allylic oxidation sites excluding steroid dienone is 1. The number of carbonyl (C=O) groups excluding carboxylic acids is 2. The van der Waals surface area contributed by atoms with E-state index < -0.39 is 5.41 Å². The number of methoxy groups -OCH3 is 1. The Morgan fingerprint density at radius 3 is 2.80 bits per heavy atom. The first-order valence-corrected chi connectivity index (χ1v) is 9.23. The molecule has 4 rings (SSSR count). The molecule has 0 N–H and O–H groups in total. The predicted molar refractivity (Wildman–Crippen MR) is 95.2 cm³/mol. The lowest BCUT2D eigenvalue weighted by molar-refractivity contribution is -0.147. The van der Waals surface area contributed by atoms with Crippen LogP contribution in [0.4, 0.5) is 0 Å². The van der Waals surface area contributed by atoms with Gasteiger partial charge in [-0.05, 0) is 55.2 Å². The molecule has 2 atom stereocenters. The van der Waals surface area contributed by atoms with Crippen LogP contribution in [0, 0.1) is 11.8 Å². The van der Waals surface area contributed by atoms with Crippen LogP contribution in [-0.4, -0.2) is 30.4 Å². The standard InChI is InChI=1S/C21H25NO3/c1-14-6-9-18-20(24)22(13-15-7-8-15)19(23)12-21(18,11-14)16-4-3-5-17(10-16)25-2/h3-5,9-10,14-15H,6-8,11-13H2,1-2H3. The Bertz CT molecular complexity index is 749. The summed E-state index contributed by atoms with van der Waals surface area (Å²) in [6.07, 6.45) is 6.47. The number of amides is 2. The number of rotatable bonds is 4. The zero-order valence-electron chi connectivity index (χ0n) is 15.0.